The van der Waals surface area contributed by atoms with Gasteiger partial charge in [-0.2, -0.15) is 0 Å². The van der Waals surface area contributed by atoms with Gasteiger partial charge in [0.15, 0.2) is 6.29 Å². The molecule has 21 heavy (non-hydrogen) atoms. The van der Waals surface area contributed by atoms with E-state index in [1.165, 1.54) is 37.1 Å². The number of rotatable bonds is 6. The van der Waals surface area contributed by atoms with Gasteiger partial charge >= 0.3 is 0 Å². The molecule has 0 spiro atoms. The first-order chi connectivity index (χ1) is 10.3. The van der Waals surface area contributed by atoms with Crippen LogP contribution in [0.2, 0.25) is 0 Å². The maximum absolute atomic E-state index is 11.1. The first-order valence-electron chi connectivity index (χ1n) is 8.08. The quantitative estimate of drug-likeness (QED) is 0.823. The first-order valence-corrected chi connectivity index (χ1v) is 8.08. The number of carbonyl (C=O) groups is 1. The maximum Gasteiger partial charge on any atom is 0.152 e. The van der Waals surface area contributed by atoms with E-state index in [-0.39, 0.29) is 0 Å². The van der Waals surface area contributed by atoms with Crippen molar-refractivity contribution in [1.82, 2.24) is 9.88 Å². The fraction of sp³-hybridized carbons (Fsp3) is 0.500. The van der Waals surface area contributed by atoms with Crippen LogP contribution in [-0.2, 0) is 12.8 Å². The molecule has 1 heterocycles. The zero-order valence-electron chi connectivity index (χ0n) is 13.0. The Bertz CT molecular complexity index is 638. The summed E-state index contributed by atoms with van der Waals surface area (Å²) >= 11 is 0. The minimum absolute atomic E-state index is 0.631. The van der Waals surface area contributed by atoms with Gasteiger partial charge in [-0.3, -0.25) is 9.69 Å². The smallest absolute Gasteiger partial charge is 0.152 e. The zero-order valence-corrected chi connectivity index (χ0v) is 13.0. The molecule has 0 saturated carbocycles. The van der Waals surface area contributed by atoms with Crippen LogP contribution < -0.4 is 0 Å². The van der Waals surface area contributed by atoms with Crippen LogP contribution in [0.4, 0.5) is 0 Å². The third-order valence-corrected chi connectivity index (χ3v) is 4.61. The van der Waals surface area contributed by atoms with Crippen LogP contribution in [0.5, 0.6) is 0 Å². The van der Waals surface area contributed by atoms with E-state index in [0.29, 0.717) is 6.04 Å². The summed E-state index contributed by atoms with van der Waals surface area (Å²) in [6, 6.07) is 5.10. The molecule has 2 aromatic rings. The lowest BCUT2D eigenvalue weighted by molar-refractivity contribution is 0.112. The number of aromatic nitrogens is 1. The molecule has 0 aliphatic heterocycles. The molecular weight excluding hydrogens is 260 g/mol. The number of aldehydes is 1. The van der Waals surface area contributed by atoms with Crippen LogP contribution in [0.1, 0.15) is 48.2 Å². The van der Waals surface area contributed by atoms with Crippen molar-refractivity contribution in [2.24, 2.45) is 0 Å². The molecule has 3 heteroatoms. The van der Waals surface area contributed by atoms with E-state index < -0.39 is 0 Å². The lowest BCUT2D eigenvalue weighted by Crippen LogP contribution is -2.37. The second-order valence-electron chi connectivity index (χ2n) is 6.13. The Labute approximate surface area is 126 Å². The van der Waals surface area contributed by atoms with E-state index >= 15 is 0 Å². The van der Waals surface area contributed by atoms with Crippen molar-refractivity contribution in [2.45, 2.75) is 45.6 Å². The Kier molecular flexibility index (Phi) is 4.11. The number of aromatic amines is 1. The Morgan fingerprint density at radius 2 is 1.86 bits per heavy atom. The molecule has 0 bridgehead atoms. The van der Waals surface area contributed by atoms with Gasteiger partial charge in [-0.05, 0) is 62.0 Å². The Balaban J connectivity index is 1.87. The maximum atomic E-state index is 11.1. The van der Waals surface area contributed by atoms with Crippen molar-refractivity contribution in [3.8, 4) is 0 Å². The molecule has 1 aromatic carbocycles. The summed E-state index contributed by atoms with van der Waals surface area (Å²) in [5.74, 6) is 0. The zero-order chi connectivity index (χ0) is 14.8. The summed E-state index contributed by atoms with van der Waals surface area (Å²) in [6.45, 7) is 6.88. The van der Waals surface area contributed by atoms with Crippen LogP contribution in [0.15, 0.2) is 18.3 Å². The summed E-state index contributed by atoms with van der Waals surface area (Å²) in [7, 11) is 0. The third-order valence-electron chi connectivity index (χ3n) is 4.61. The van der Waals surface area contributed by atoms with Gasteiger partial charge in [-0.15, -0.1) is 0 Å². The Morgan fingerprint density at radius 3 is 2.48 bits per heavy atom. The van der Waals surface area contributed by atoms with E-state index in [0.717, 1.165) is 35.6 Å². The molecule has 1 aromatic heterocycles. The van der Waals surface area contributed by atoms with Crippen molar-refractivity contribution in [1.29, 1.82) is 0 Å². The monoisotopic (exact) mass is 284 g/mol. The largest absolute Gasteiger partial charge is 0.360 e. The summed E-state index contributed by atoms with van der Waals surface area (Å²) in [5, 5.41) is 1.07. The highest BCUT2D eigenvalue weighted by Crippen LogP contribution is 2.30. The average molecular weight is 284 g/mol. The molecule has 3 rings (SSSR count). The second-order valence-corrected chi connectivity index (χ2v) is 6.13. The number of hydrogen-bond acceptors (Lipinski definition) is 2. The van der Waals surface area contributed by atoms with Gasteiger partial charge in [0.05, 0.1) is 0 Å². The third kappa shape index (κ3) is 2.62. The molecule has 0 fully saturated rings. The van der Waals surface area contributed by atoms with Crippen molar-refractivity contribution in [2.75, 3.05) is 13.1 Å². The summed E-state index contributed by atoms with van der Waals surface area (Å²) in [4.78, 5) is 16.9. The Hall–Kier alpha value is -1.61. The minimum atomic E-state index is 0.631. The topological polar surface area (TPSA) is 36.1 Å². The number of nitrogens with one attached hydrogen (secondary N) is 1. The summed E-state index contributed by atoms with van der Waals surface area (Å²) in [5.41, 5.74) is 4.74. The van der Waals surface area contributed by atoms with E-state index in [9.17, 15) is 4.79 Å². The summed E-state index contributed by atoms with van der Waals surface area (Å²) in [6.07, 6.45) is 7.43. The van der Waals surface area contributed by atoms with E-state index in [2.05, 4.69) is 35.9 Å². The van der Waals surface area contributed by atoms with Crippen molar-refractivity contribution in [3.63, 3.8) is 0 Å². The van der Waals surface area contributed by atoms with Gasteiger partial charge in [0.25, 0.3) is 0 Å². The second kappa shape index (κ2) is 6.02. The van der Waals surface area contributed by atoms with Gasteiger partial charge in [0.1, 0.15) is 0 Å². The molecule has 1 aliphatic carbocycles. The number of nitrogens with zero attached hydrogens (tertiary/aromatic N) is 1. The number of carbonyl (C=O) groups excluding carboxylic acids is 1. The normalized spacial score (nSPS) is 17.6. The standard InChI is InChI=1S/C18H24N2O/c1-3-5-20(6-4-2)16-7-13-9-17-15(12-21)11-19-18(17)10-14(13)8-16/h9-12,16,19H,3-8H2,1-2H3. The summed E-state index contributed by atoms with van der Waals surface area (Å²) < 4.78 is 0. The van der Waals surface area contributed by atoms with Gasteiger partial charge in [-0.25, -0.2) is 0 Å². The minimum Gasteiger partial charge on any atom is -0.360 e. The number of hydrogen-bond donors (Lipinski definition) is 1. The van der Waals surface area contributed by atoms with Crippen LogP contribution in [0.3, 0.4) is 0 Å². The molecule has 0 radical (unpaired) electrons. The number of fused-ring (bicyclic) bond motifs is 2. The van der Waals surface area contributed by atoms with Crippen LogP contribution in [0.25, 0.3) is 10.9 Å². The average Bonchev–Trinajstić information content (AvgIpc) is 3.07. The predicted molar refractivity (Wildman–Crippen MR) is 87.0 cm³/mol. The molecule has 1 unspecified atom stereocenters. The molecule has 0 amide bonds. The first kappa shape index (κ1) is 14.3. The van der Waals surface area contributed by atoms with E-state index in [4.69, 9.17) is 0 Å². The van der Waals surface area contributed by atoms with Gasteiger partial charge in [0, 0.05) is 28.7 Å². The highest BCUT2D eigenvalue weighted by atomic mass is 16.1. The fourth-order valence-electron chi connectivity index (χ4n) is 3.65. The van der Waals surface area contributed by atoms with Crippen molar-refractivity contribution < 1.29 is 4.79 Å². The molecule has 3 nitrogen and oxygen atoms in total. The molecule has 112 valence electrons. The highest BCUT2D eigenvalue weighted by Gasteiger charge is 2.26. The molecule has 1 atom stereocenters. The van der Waals surface area contributed by atoms with Crippen LogP contribution in [0, 0.1) is 0 Å². The van der Waals surface area contributed by atoms with Crippen LogP contribution in [-0.4, -0.2) is 35.3 Å². The van der Waals surface area contributed by atoms with Gasteiger partial charge in [0.2, 0.25) is 0 Å². The van der Waals surface area contributed by atoms with Gasteiger partial charge < -0.3 is 4.98 Å². The Morgan fingerprint density at radius 1 is 1.19 bits per heavy atom. The fourth-order valence-corrected chi connectivity index (χ4v) is 3.65. The molecule has 1 N–H and O–H groups in total. The van der Waals surface area contributed by atoms with Crippen molar-refractivity contribution >= 4 is 17.2 Å². The van der Waals surface area contributed by atoms with Crippen molar-refractivity contribution in [3.05, 3.63) is 35.0 Å². The van der Waals surface area contributed by atoms with Crippen LogP contribution >= 0.6 is 0 Å². The van der Waals surface area contributed by atoms with Gasteiger partial charge in [-0.1, -0.05) is 13.8 Å². The SMILES string of the molecule is CCCN(CCC)C1Cc2cc3[nH]cc(C=O)c3cc2C1. The molecule has 0 saturated heterocycles. The lowest BCUT2D eigenvalue weighted by Gasteiger charge is -2.27. The van der Waals surface area contributed by atoms with E-state index in [1.54, 1.807) is 0 Å². The number of benzene rings is 1. The molecular formula is C18H24N2O. The van der Waals surface area contributed by atoms with E-state index in [1.807, 2.05) is 6.20 Å². The molecule has 1 aliphatic rings. The highest BCUT2D eigenvalue weighted by molar-refractivity contribution is 5.97. The lowest BCUT2D eigenvalue weighted by atomic mass is 10.1. The number of H-pyrrole nitrogens is 1. The predicted octanol–water partition coefficient (Wildman–Crippen LogP) is 3.57.